The smallest absolute Gasteiger partial charge is 0.340 e. The zero-order chi connectivity index (χ0) is 14.7. The summed E-state index contributed by atoms with van der Waals surface area (Å²) in [6.45, 7) is 1.95. The minimum Gasteiger partial charge on any atom is -0.496 e. The summed E-state index contributed by atoms with van der Waals surface area (Å²) < 4.78 is 10.3. The number of fused-ring (bicyclic) bond motifs is 1. The number of rotatable bonds is 3. The van der Waals surface area contributed by atoms with Crippen LogP contribution in [0.25, 0.3) is 11.1 Å². The van der Waals surface area contributed by atoms with Gasteiger partial charge in [0.1, 0.15) is 11.8 Å². The number of methoxy groups -OCH3 is 1. The molecule has 0 saturated carbocycles. The van der Waals surface area contributed by atoms with Crippen LogP contribution in [-0.2, 0) is 4.74 Å². The maximum Gasteiger partial charge on any atom is 0.340 e. The van der Waals surface area contributed by atoms with E-state index in [1.54, 1.807) is 31.2 Å². The van der Waals surface area contributed by atoms with Gasteiger partial charge in [-0.3, -0.25) is 0 Å². The maximum absolute atomic E-state index is 12.1. The molecular weight excluding hydrogens is 256 g/mol. The number of carbonyl (C=O) groups excluding carboxylic acids is 1. The quantitative estimate of drug-likeness (QED) is 0.866. The van der Waals surface area contributed by atoms with Crippen LogP contribution in [0, 0.1) is 11.3 Å². The highest BCUT2D eigenvalue weighted by atomic mass is 16.5. The zero-order valence-electron chi connectivity index (χ0n) is 11.3. The number of carbonyl (C=O) groups is 1. The lowest BCUT2D eigenvalue weighted by Crippen LogP contribution is -2.07. The Labute approximate surface area is 116 Å². The first-order chi connectivity index (χ1) is 9.65. The molecule has 5 heteroatoms. The number of hydrogen-bond donors (Lipinski definition) is 1. The van der Waals surface area contributed by atoms with Gasteiger partial charge in [-0.15, -0.1) is 0 Å². The van der Waals surface area contributed by atoms with Crippen LogP contribution >= 0.6 is 0 Å². The van der Waals surface area contributed by atoms with Gasteiger partial charge in [-0.1, -0.05) is 18.2 Å². The third kappa shape index (κ3) is 2.01. The van der Waals surface area contributed by atoms with E-state index >= 15 is 0 Å². The van der Waals surface area contributed by atoms with Gasteiger partial charge in [-0.2, -0.15) is 5.26 Å². The maximum atomic E-state index is 12.1. The molecule has 0 saturated heterocycles. The predicted octanol–water partition coefficient (Wildman–Crippen LogP) is 2.43. The second kappa shape index (κ2) is 5.49. The first-order valence-corrected chi connectivity index (χ1v) is 6.11. The zero-order valence-corrected chi connectivity index (χ0v) is 11.3. The van der Waals surface area contributed by atoms with Gasteiger partial charge in [0.15, 0.2) is 0 Å². The third-order valence-corrected chi connectivity index (χ3v) is 3.01. The van der Waals surface area contributed by atoms with Crippen molar-refractivity contribution in [2.45, 2.75) is 6.92 Å². The number of anilines is 1. The highest BCUT2D eigenvalue weighted by Gasteiger charge is 2.28. The summed E-state index contributed by atoms with van der Waals surface area (Å²) in [6.07, 6.45) is 0. The molecule has 102 valence electrons. The molecule has 0 aromatic rings. The Bertz CT molecular complexity index is 674. The molecule has 0 aromatic carbocycles. The summed E-state index contributed by atoms with van der Waals surface area (Å²) in [4.78, 5) is 12.1. The van der Waals surface area contributed by atoms with Crippen molar-refractivity contribution in [2.75, 3.05) is 19.5 Å². The van der Waals surface area contributed by atoms with Gasteiger partial charge in [0.2, 0.25) is 0 Å². The third-order valence-electron chi connectivity index (χ3n) is 3.01. The highest BCUT2D eigenvalue weighted by Crippen LogP contribution is 2.43. The summed E-state index contributed by atoms with van der Waals surface area (Å²) in [6, 6.07) is 9.00. The van der Waals surface area contributed by atoms with Crippen LogP contribution in [0.1, 0.15) is 22.8 Å². The average molecular weight is 270 g/mol. The molecule has 2 aliphatic rings. The van der Waals surface area contributed by atoms with Crippen LogP contribution in [0.15, 0.2) is 24.3 Å². The van der Waals surface area contributed by atoms with Crippen LogP contribution in [0.5, 0.6) is 5.75 Å². The normalized spacial score (nSPS) is 10.1. The molecule has 0 radical (unpaired) electrons. The fraction of sp³-hybridized carbons (Fsp3) is 0.200. The number of nitrogen functional groups attached to an aromatic ring is 1. The molecule has 0 bridgehead atoms. The first-order valence-electron chi connectivity index (χ1n) is 6.11. The van der Waals surface area contributed by atoms with E-state index in [1.807, 2.05) is 6.07 Å². The largest absolute Gasteiger partial charge is 0.496 e. The lowest BCUT2D eigenvalue weighted by atomic mass is 10.1. The van der Waals surface area contributed by atoms with Crippen LogP contribution in [0.4, 0.5) is 5.69 Å². The Morgan fingerprint density at radius 2 is 2.10 bits per heavy atom. The molecule has 2 aliphatic carbocycles. The number of nitrogens with zero attached hydrogens (tertiary/aromatic N) is 1. The monoisotopic (exact) mass is 270 g/mol. The molecule has 0 spiro atoms. The Morgan fingerprint density at radius 3 is 2.70 bits per heavy atom. The molecule has 0 amide bonds. The molecule has 0 heterocycles. The van der Waals surface area contributed by atoms with Crippen molar-refractivity contribution in [1.29, 1.82) is 5.26 Å². The van der Waals surface area contributed by atoms with Gasteiger partial charge in [0.05, 0.1) is 30.5 Å². The molecule has 5 nitrogen and oxygen atoms in total. The molecule has 2 rings (SSSR count). The van der Waals surface area contributed by atoms with Crippen molar-refractivity contribution in [2.24, 2.45) is 0 Å². The van der Waals surface area contributed by atoms with Crippen LogP contribution in [0.2, 0.25) is 0 Å². The molecule has 20 heavy (non-hydrogen) atoms. The number of ether oxygens (including phenoxy) is 2. The Morgan fingerprint density at radius 1 is 1.40 bits per heavy atom. The summed E-state index contributed by atoms with van der Waals surface area (Å²) in [5.41, 5.74) is 7.60. The van der Waals surface area contributed by atoms with Gasteiger partial charge in [0.25, 0.3) is 0 Å². The number of hydrogen-bond acceptors (Lipinski definition) is 5. The number of nitrogens with two attached hydrogens (primary N) is 1. The van der Waals surface area contributed by atoms with Crippen molar-refractivity contribution < 1.29 is 14.3 Å². The first kappa shape index (κ1) is 13.7. The molecule has 0 atom stereocenters. The van der Waals surface area contributed by atoms with Crippen LogP contribution in [-0.4, -0.2) is 19.7 Å². The molecular formula is C15H14N2O3. The van der Waals surface area contributed by atoms with Crippen molar-refractivity contribution in [3.05, 3.63) is 35.4 Å². The number of esters is 1. The van der Waals surface area contributed by atoms with Gasteiger partial charge >= 0.3 is 5.97 Å². The van der Waals surface area contributed by atoms with Gasteiger partial charge in [0, 0.05) is 11.1 Å². The summed E-state index contributed by atoms with van der Waals surface area (Å²) >= 11 is 0. The van der Waals surface area contributed by atoms with E-state index in [9.17, 15) is 10.1 Å². The molecule has 2 N–H and O–H groups in total. The van der Waals surface area contributed by atoms with E-state index in [4.69, 9.17) is 15.2 Å². The molecule has 0 unspecified atom stereocenters. The van der Waals surface area contributed by atoms with Crippen molar-refractivity contribution in [3.8, 4) is 22.9 Å². The van der Waals surface area contributed by atoms with E-state index < -0.39 is 5.97 Å². The summed E-state index contributed by atoms with van der Waals surface area (Å²) in [7, 11) is 1.50. The van der Waals surface area contributed by atoms with Crippen LogP contribution < -0.4 is 10.5 Å². The van der Waals surface area contributed by atoms with Gasteiger partial charge in [-0.05, 0) is 13.0 Å². The Kier molecular flexibility index (Phi) is 3.76. The van der Waals surface area contributed by atoms with Crippen molar-refractivity contribution in [3.63, 3.8) is 0 Å². The second-order valence-corrected chi connectivity index (χ2v) is 4.07. The second-order valence-electron chi connectivity index (χ2n) is 4.07. The van der Waals surface area contributed by atoms with E-state index in [-0.39, 0.29) is 23.4 Å². The predicted molar refractivity (Wildman–Crippen MR) is 74.7 cm³/mol. The van der Waals surface area contributed by atoms with Crippen LogP contribution in [0.3, 0.4) is 0 Å². The minimum absolute atomic E-state index is 0.130. The minimum atomic E-state index is -0.537. The molecule has 0 aromatic heterocycles. The van der Waals surface area contributed by atoms with E-state index in [2.05, 4.69) is 0 Å². The Hall–Kier alpha value is -2.74. The lowest BCUT2D eigenvalue weighted by Gasteiger charge is -2.04. The number of nitriles is 1. The van der Waals surface area contributed by atoms with Gasteiger partial charge in [-0.25, -0.2) is 4.79 Å². The molecule has 0 aliphatic heterocycles. The standard InChI is InChI=1S/C15H14N2O3/c1-3-20-15(18)13-9-6-4-5-7-11(19-2)12(9)10(8-16)14(13)17/h4-7H,3,17H2,1-2H3. The molecule has 0 fully saturated rings. The highest BCUT2D eigenvalue weighted by molar-refractivity contribution is 6.08. The average Bonchev–Trinajstić information content (AvgIpc) is 2.58. The van der Waals surface area contributed by atoms with Gasteiger partial charge < -0.3 is 15.2 Å². The van der Waals surface area contributed by atoms with E-state index in [0.29, 0.717) is 16.9 Å². The van der Waals surface area contributed by atoms with Crippen molar-refractivity contribution in [1.82, 2.24) is 0 Å². The Balaban J connectivity index is 2.81. The summed E-state index contributed by atoms with van der Waals surface area (Å²) in [5, 5.41) is 9.31. The summed E-state index contributed by atoms with van der Waals surface area (Å²) in [5.74, 6) is -0.0476. The topological polar surface area (TPSA) is 85.3 Å². The SMILES string of the molecule is CCOC(=O)c1c2ccccc(OC)c-2c(C#N)c1N. The van der Waals surface area contributed by atoms with E-state index in [0.717, 1.165) is 0 Å². The van der Waals surface area contributed by atoms with E-state index in [1.165, 1.54) is 7.11 Å². The van der Waals surface area contributed by atoms with Crippen molar-refractivity contribution >= 4 is 11.7 Å². The lowest BCUT2D eigenvalue weighted by molar-refractivity contribution is 0.0529. The fourth-order valence-electron chi connectivity index (χ4n) is 2.17. The fourth-order valence-corrected chi connectivity index (χ4v) is 2.17.